The van der Waals surface area contributed by atoms with Crippen LogP contribution in [0.4, 0.5) is 0 Å². The average Bonchev–Trinajstić information content (AvgIpc) is 2.29. The molecule has 0 spiro atoms. The Morgan fingerprint density at radius 1 is 1.19 bits per heavy atom. The Kier molecular flexibility index (Phi) is 2.87. The van der Waals surface area contributed by atoms with Crippen LogP contribution in [0.1, 0.15) is 0 Å². The van der Waals surface area contributed by atoms with Crippen LogP contribution in [0.3, 0.4) is 0 Å². The van der Waals surface area contributed by atoms with Gasteiger partial charge in [-0.2, -0.15) is 0 Å². The number of ether oxygens (including phenoxy) is 2. The van der Waals surface area contributed by atoms with Crippen LogP contribution in [-0.2, 0) is 0 Å². The zero-order chi connectivity index (χ0) is 11.7. The van der Waals surface area contributed by atoms with E-state index in [1.54, 1.807) is 25.3 Å². The number of hydrogen-bond donors (Lipinski definition) is 0. The molecule has 0 saturated carbocycles. The molecule has 16 heavy (non-hydrogen) atoms. The number of fused-ring (bicyclic) bond motifs is 1. The molecule has 0 fully saturated rings. The van der Waals surface area contributed by atoms with Crippen LogP contribution in [0, 0.1) is 0 Å². The Labute approximate surface area is 99.9 Å². The van der Waals surface area contributed by atoms with Gasteiger partial charge in [-0.3, -0.25) is 0 Å². The first-order valence-corrected chi connectivity index (χ1v) is 5.30. The minimum Gasteiger partial charge on any atom is -0.496 e. The van der Waals surface area contributed by atoms with Gasteiger partial charge in [0, 0.05) is 12.1 Å². The Balaban J connectivity index is 2.84. The van der Waals surface area contributed by atoms with Gasteiger partial charge in [0.2, 0.25) is 0 Å². The molecular weight excluding hydrogens is 276 g/mol. The number of methoxy groups -OCH3 is 2. The fourth-order valence-electron chi connectivity index (χ4n) is 1.42. The van der Waals surface area contributed by atoms with E-state index in [1.165, 1.54) is 7.11 Å². The second-order valence-corrected chi connectivity index (χ2v) is 3.98. The zero-order valence-electron chi connectivity index (χ0n) is 8.74. The van der Waals surface area contributed by atoms with Gasteiger partial charge in [0.25, 0.3) is 0 Å². The van der Waals surface area contributed by atoms with E-state index in [0.717, 1.165) is 5.39 Å². The molecule has 5 heteroatoms. The summed E-state index contributed by atoms with van der Waals surface area (Å²) in [6.07, 6.45) is 0. The summed E-state index contributed by atoms with van der Waals surface area (Å²) in [5.74, 6) is 1.17. The normalized spacial score (nSPS) is 10.4. The SMILES string of the molecule is COc1cc(OC)c2cc(Br)c(=O)oc2c1. The van der Waals surface area contributed by atoms with Crippen molar-refractivity contribution in [2.45, 2.75) is 0 Å². The predicted octanol–water partition coefficient (Wildman–Crippen LogP) is 2.57. The second kappa shape index (κ2) is 4.17. The van der Waals surface area contributed by atoms with Crippen LogP contribution in [0.25, 0.3) is 11.0 Å². The van der Waals surface area contributed by atoms with Crippen molar-refractivity contribution in [2.24, 2.45) is 0 Å². The van der Waals surface area contributed by atoms with Gasteiger partial charge in [0.15, 0.2) is 0 Å². The van der Waals surface area contributed by atoms with E-state index in [-0.39, 0.29) is 0 Å². The predicted molar refractivity (Wildman–Crippen MR) is 63.3 cm³/mol. The molecule has 0 amide bonds. The third-order valence-electron chi connectivity index (χ3n) is 2.20. The molecule has 0 N–H and O–H groups in total. The zero-order valence-corrected chi connectivity index (χ0v) is 10.3. The van der Waals surface area contributed by atoms with Gasteiger partial charge in [0.05, 0.1) is 19.6 Å². The van der Waals surface area contributed by atoms with Gasteiger partial charge in [-0.1, -0.05) is 0 Å². The second-order valence-electron chi connectivity index (χ2n) is 3.12. The molecule has 0 aliphatic carbocycles. The van der Waals surface area contributed by atoms with E-state index in [0.29, 0.717) is 21.6 Å². The van der Waals surface area contributed by atoms with Crippen molar-refractivity contribution in [3.05, 3.63) is 33.1 Å². The molecule has 0 aliphatic rings. The first-order chi connectivity index (χ1) is 7.65. The van der Waals surface area contributed by atoms with Crippen molar-refractivity contribution in [3.63, 3.8) is 0 Å². The highest BCUT2D eigenvalue weighted by Gasteiger charge is 2.09. The molecule has 0 saturated heterocycles. The van der Waals surface area contributed by atoms with Crippen molar-refractivity contribution >= 4 is 26.9 Å². The summed E-state index contributed by atoms with van der Waals surface area (Å²) in [6.45, 7) is 0. The largest absolute Gasteiger partial charge is 0.496 e. The van der Waals surface area contributed by atoms with Crippen LogP contribution in [0.5, 0.6) is 11.5 Å². The maximum absolute atomic E-state index is 11.3. The molecule has 2 aromatic rings. The van der Waals surface area contributed by atoms with Gasteiger partial charge in [-0.25, -0.2) is 4.79 Å². The lowest BCUT2D eigenvalue weighted by molar-refractivity contribution is 0.396. The first-order valence-electron chi connectivity index (χ1n) is 4.51. The number of hydrogen-bond acceptors (Lipinski definition) is 4. The highest BCUT2D eigenvalue weighted by Crippen LogP contribution is 2.31. The minimum atomic E-state index is -0.428. The van der Waals surface area contributed by atoms with Gasteiger partial charge >= 0.3 is 5.63 Å². The van der Waals surface area contributed by atoms with E-state index >= 15 is 0 Å². The summed E-state index contributed by atoms with van der Waals surface area (Å²) in [4.78, 5) is 11.3. The lowest BCUT2D eigenvalue weighted by Crippen LogP contribution is -1.99. The number of halogens is 1. The monoisotopic (exact) mass is 284 g/mol. The fourth-order valence-corrected chi connectivity index (χ4v) is 1.73. The van der Waals surface area contributed by atoms with Crippen LogP contribution in [0.15, 0.2) is 31.9 Å². The molecule has 1 heterocycles. The molecule has 0 unspecified atom stereocenters. The number of rotatable bonds is 2. The molecule has 2 rings (SSSR count). The summed E-state index contributed by atoms with van der Waals surface area (Å²) in [5.41, 5.74) is 0.00667. The average molecular weight is 285 g/mol. The molecular formula is C11H9BrO4. The van der Waals surface area contributed by atoms with Crippen molar-refractivity contribution in [2.75, 3.05) is 14.2 Å². The van der Waals surface area contributed by atoms with Gasteiger partial charge < -0.3 is 13.9 Å². The van der Waals surface area contributed by atoms with Crippen LogP contribution in [-0.4, -0.2) is 14.2 Å². The summed E-state index contributed by atoms with van der Waals surface area (Å²) < 4.78 is 15.8. The minimum absolute atomic E-state index is 0.364. The highest BCUT2D eigenvalue weighted by atomic mass is 79.9. The molecule has 0 radical (unpaired) electrons. The quantitative estimate of drug-likeness (QED) is 0.796. The standard InChI is InChI=1S/C11H9BrO4/c1-14-6-3-9(15-2)7-5-8(12)11(13)16-10(7)4-6/h3-5H,1-2H3. The van der Waals surface area contributed by atoms with E-state index in [1.807, 2.05) is 0 Å². The molecule has 1 aromatic carbocycles. The molecule has 0 atom stereocenters. The summed E-state index contributed by atoms with van der Waals surface area (Å²) in [6, 6.07) is 5.04. The van der Waals surface area contributed by atoms with E-state index < -0.39 is 5.63 Å². The Morgan fingerprint density at radius 3 is 2.56 bits per heavy atom. The van der Waals surface area contributed by atoms with Crippen molar-refractivity contribution < 1.29 is 13.9 Å². The molecule has 1 aromatic heterocycles. The maximum Gasteiger partial charge on any atom is 0.350 e. The summed E-state index contributed by atoms with van der Waals surface area (Å²) in [7, 11) is 3.09. The molecule has 0 bridgehead atoms. The summed E-state index contributed by atoms with van der Waals surface area (Å²) >= 11 is 3.12. The Bertz CT molecular complexity index is 588. The van der Waals surface area contributed by atoms with Crippen LogP contribution < -0.4 is 15.1 Å². The van der Waals surface area contributed by atoms with Crippen LogP contribution >= 0.6 is 15.9 Å². The van der Waals surface area contributed by atoms with Crippen molar-refractivity contribution in [3.8, 4) is 11.5 Å². The lowest BCUT2D eigenvalue weighted by Gasteiger charge is -2.07. The molecule has 84 valence electrons. The molecule has 0 aliphatic heterocycles. The maximum atomic E-state index is 11.3. The first kappa shape index (κ1) is 11.0. The van der Waals surface area contributed by atoms with Crippen LogP contribution in [0.2, 0.25) is 0 Å². The Hall–Kier alpha value is -1.49. The third kappa shape index (κ3) is 1.78. The van der Waals surface area contributed by atoms with Gasteiger partial charge in [0.1, 0.15) is 21.6 Å². The van der Waals surface area contributed by atoms with Crippen molar-refractivity contribution in [1.82, 2.24) is 0 Å². The number of benzene rings is 1. The van der Waals surface area contributed by atoms with E-state index in [4.69, 9.17) is 13.9 Å². The summed E-state index contributed by atoms with van der Waals surface area (Å²) in [5, 5.41) is 0.717. The lowest BCUT2D eigenvalue weighted by atomic mass is 10.2. The Morgan fingerprint density at radius 2 is 1.94 bits per heavy atom. The van der Waals surface area contributed by atoms with Gasteiger partial charge in [-0.15, -0.1) is 0 Å². The highest BCUT2D eigenvalue weighted by molar-refractivity contribution is 9.10. The molecule has 4 nitrogen and oxygen atoms in total. The van der Waals surface area contributed by atoms with E-state index in [2.05, 4.69) is 15.9 Å². The fraction of sp³-hybridized carbons (Fsp3) is 0.182. The third-order valence-corrected chi connectivity index (χ3v) is 2.75. The van der Waals surface area contributed by atoms with Gasteiger partial charge in [-0.05, 0) is 22.0 Å². The topological polar surface area (TPSA) is 48.7 Å². The van der Waals surface area contributed by atoms with E-state index in [9.17, 15) is 4.79 Å². The smallest absolute Gasteiger partial charge is 0.350 e. The van der Waals surface area contributed by atoms with Crippen molar-refractivity contribution in [1.29, 1.82) is 0 Å².